The first-order valence-corrected chi connectivity index (χ1v) is 14.3. The lowest BCUT2D eigenvalue weighted by Crippen LogP contribution is -2.66. The number of ketones is 2. The number of hydrogen-bond donors (Lipinski definition) is 1. The summed E-state index contributed by atoms with van der Waals surface area (Å²) < 4.78 is 5.39. The molecule has 7 atom stereocenters. The Morgan fingerprint density at radius 2 is 1.58 bits per heavy atom. The van der Waals surface area contributed by atoms with Gasteiger partial charge >= 0.3 is 11.9 Å². The first kappa shape index (κ1) is 27.3. The lowest BCUT2D eigenvalue weighted by atomic mass is 9.34. The summed E-state index contributed by atoms with van der Waals surface area (Å²) in [6.07, 6.45) is 9.00. The molecule has 1 N–H and O–H groups in total. The second-order valence-corrected chi connectivity index (χ2v) is 15.1. The van der Waals surface area contributed by atoms with Crippen molar-refractivity contribution in [3.8, 4) is 0 Å². The highest BCUT2D eigenvalue weighted by Gasteiger charge is 2.71. The monoisotopic (exact) mass is 524 g/mol. The third-order valence-corrected chi connectivity index (χ3v) is 12.6. The molecule has 0 heterocycles. The zero-order chi connectivity index (χ0) is 28.3. The number of allylic oxidation sites excluding steroid dienone is 3. The largest absolute Gasteiger partial charge is 0.478 e. The van der Waals surface area contributed by atoms with E-state index in [4.69, 9.17) is 4.74 Å². The maximum atomic E-state index is 14.4. The van der Waals surface area contributed by atoms with Crippen molar-refractivity contribution in [3.63, 3.8) is 0 Å². The van der Waals surface area contributed by atoms with Gasteiger partial charge in [-0.1, -0.05) is 60.1 Å². The van der Waals surface area contributed by atoms with Crippen LogP contribution in [0.25, 0.3) is 0 Å². The number of ether oxygens (including phenoxy) is 1. The van der Waals surface area contributed by atoms with Crippen LogP contribution < -0.4 is 0 Å². The van der Waals surface area contributed by atoms with Gasteiger partial charge in [0.15, 0.2) is 11.6 Å². The second-order valence-electron chi connectivity index (χ2n) is 15.1. The minimum atomic E-state index is -1.20. The molecular weight excluding hydrogens is 480 g/mol. The SMILES string of the molecule is COC(=O)[C@]12CCC(C)(C)CC1C1C(=O)C=C3[C@@]4(C)C=C(C(=O)O)C(=O)C(C)(C)[C@@H]4CC[C@@]3(C)[C@]1(C)CC2. The Hall–Kier alpha value is -2.24. The van der Waals surface area contributed by atoms with Crippen molar-refractivity contribution in [2.45, 2.75) is 93.4 Å². The third-order valence-electron chi connectivity index (χ3n) is 12.6. The van der Waals surface area contributed by atoms with Crippen molar-refractivity contribution in [2.24, 2.45) is 50.2 Å². The van der Waals surface area contributed by atoms with Gasteiger partial charge in [0.1, 0.15) is 0 Å². The van der Waals surface area contributed by atoms with Gasteiger partial charge in [0.25, 0.3) is 0 Å². The summed E-state index contributed by atoms with van der Waals surface area (Å²) in [6, 6.07) is 0. The molecule has 5 aliphatic carbocycles. The van der Waals surface area contributed by atoms with Gasteiger partial charge in [-0.3, -0.25) is 14.4 Å². The molecule has 3 fully saturated rings. The Morgan fingerprint density at radius 1 is 0.947 bits per heavy atom. The molecule has 0 spiro atoms. The van der Waals surface area contributed by atoms with E-state index in [0.29, 0.717) is 6.42 Å². The number of carbonyl (C=O) groups is 4. The molecule has 0 radical (unpaired) electrons. The van der Waals surface area contributed by atoms with E-state index in [0.717, 1.165) is 44.1 Å². The maximum Gasteiger partial charge on any atom is 0.339 e. The number of fused-ring (bicyclic) bond motifs is 7. The van der Waals surface area contributed by atoms with E-state index in [2.05, 4.69) is 27.7 Å². The topological polar surface area (TPSA) is 97.7 Å². The Labute approximate surface area is 226 Å². The highest BCUT2D eigenvalue weighted by atomic mass is 16.5. The number of carboxylic acids is 1. The van der Waals surface area contributed by atoms with Gasteiger partial charge in [-0.2, -0.15) is 0 Å². The number of aliphatic carboxylic acids is 1. The predicted molar refractivity (Wildman–Crippen MR) is 143 cm³/mol. The quantitative estimate of drug-likeness (QED) is 0.355. The number of carboxylic acid groups (broad SMARTS) is 1. The van der Waals surface area contributed by atoms with Crippen LogP contribution in [0.1, 0.15) is 93.4 Å². The average Bonchev–Trinajstić information content (AvgIpc) is 2.82. The van der Waals surface area contributed by atoms with Crippen molar-refractivity contribution in [1.29, 1.82) is 0 Å². The van der Waals surface area contributed by atoms with Gasteiger partial charge in [-0.05, 0) is 79.1 Å². The fourth-order valence-electron chi connectivity index (χ4n) is 10.3. The number of hydrogen-bond acceptors (Lipinski definition) is 5. The van der Waals surface area contributed by atoms with Gasteiger partial charge < -0.3 is 9.84 Å². The van der Waals surface area contributed by atoms with Crippen molar-refractivity contribution in [1.82, 2.24) is 0 Å². The van der Waals surface area contributed by atoms with Crippen molar-refractivity contribution in [2.75, 3.05) is 7.11 Å². The lowest BCUT2D eigenvalue weighted by molar-refractivity contribution is -0.191. The van der Waals surface area contributed by atoms with Crippen LogP contribution in [0.4, 0.5) is 0 Å². The minimum Gasteiger partial charge on any atom is -0.478 e. The van der Waals surface area contributed by atoms with Crippen LogP contribution in [0.2, 0.25) is 0 Å². The summed E-state index contributed by atoms with van der Waals surface area (Å²) in [7, 11) is 1.46. The van der Waals surface area contributed by atoms with E-state index >= 15 is 0 Å². The van der Waals surface area contributed by atoms with Crippen LogP contribution in [0.3, 0.4) is 0 Å². The van der Waals surface area contributed by atoms with E-state index in [9.17, 15) is 24.3 Å². The van der Waals surface area contributed by atoms with Crippen molar-refractivity contribution in [3.05, 3.63) is 23.3 Å². The molecule has 6 nitrogen and oxygen atoms in total. The summed E-state index contributed by atoms with van der Waals surface area (Å²) in [6.45, 7) is 14.8. The molecule has 5 aliphatic rings. The van der Waals surface area contributed by atoms with Gasteiger partial charge in [0.05, 0.1) is 18.1 Å². The fraction of sp³-hybridized carbons (Fsp3) is 0.750. The van der Waals surface area contributed by atoms with E-state index in [-0.39, 0.29) is 57.1 Å². The number of rotatable bonds is 2. The number of esters is 1. The molecule has 38 heavy (non-hydrogen) atoms. The smallest absolute Gasteiger partial charge is 0.339 e. The van der Waals surface area contributed by atoms with E-state index in [1.54, 1.807) is 6.08 Å². The molecule has 0 bridgehead atoms. The molecule has 3 saturated carbocycles. The molecule has 0 aliphatic heterocycles. The maximum absolute atomic E-state index is 14.4. The summed E-state index contributed by atoms with van der Waals surface area (Å²) in [5.74, 6) is -2.14. The van der Waals surface area contributed by atoms with Crippen LogP contribution in [0, 0.1) is 50.2 Å². The second kappa shape index (κ2) is 7.91. The molecule has 6 heteroatoms. The standard InChI is InChI=1S/C32H44O6/c1-27(2)11-13-32(26(37)38-8)14-12-31(7)23(19(32)17-27)20(33)15-22-29(5)16-18(25(35)36)24(34)28(3,4)21(29)9-10-30(22,31)6/h15-16,19,21,23H,9-14,17H2,1-8H3,(H,35,36)/t19?,21-,23?,29-,30+,31+,32-/m0/s1. The van der Waals surface area contributed by atoms with E-state index in [1.165, 1.54) is 7.11 Å². The highest BCUT2D eigenvalue weighted by Crippen LogP contribution is 2.74. The number of Topliss-reactive ketones (excluding diaryl/α,β-unsaturated/α-hetero) is 1. The summed E-state index contributed by atoms with van der Waals surface area (Å²) >= 11 is 0. The van der Waals surface area contributed by atoms with Crippen LogP contribution in [0.15, 0.2) is 23.3 Å². The van der Waals surface area contributed by atoms with Gasteiger partial charge in [0.2, 0.25) is 0 Å². The first-order valence-electron chi connectivity index (χ1n) is 14.3. The molecule has 0 aromatic carbocycles. The lowest BCUT2D eigenvalue weighted by Gasteiger charge is -2.68. The van der Waals surface area contributed by atoms with Crippen LogP contribution in [0.5, 0.6) is 0 Å². The van der Waals surface area contributed by atoms with Crippen molar-refractivity contribution < 1.29 is 29.0 Å². The van der Waals surface area contributed by atoms with Gasteiger partial charge in [-0.25, -0.2) is 4.79 Å². The molecule has 0 aromatic rings. The van der Waals surface area contributed by atoms with E-state index in [1.807, 2.05) is 26.8 Å². The zero-order valence-corrected chi connectivity index (χ0v) is 24.3. The predicted octanol–water partition coefficient (Wildman–Crippen LogP) is 5.94. The molecule has 0 amide bonds. The van der Waals surface area contributed by atoms with E-state index < -0.39 is 22.2 Å². The van der Waals surface area contributed by atoms with Crippen LogP contribution >= 0.6 is 0 Å². The Morgan fingerprint density at radius 3 is 2.18 bits per heavy atom. The normalized spacial score (nSPS) is 44.9. The average molecular weight is 525 g/mol. The molecular formula is C32H44O6. The Balaban J connectivity index is 1.71. The van der Waals surface area contributed by atoms with Crippen LogP contribution in [-0.2, 0) is 23.9 Å². The summed E-state index contributed by atoms with van der Waals surface area (Å²) in [5.41, 5.74) is -2.11. The third kappa shape index (κ3) is 3.18. The fourth-order valence-corrected chi connectivity index (χ4v) is 10.3. The number of methoxy groups -OCH3 is 1. The summed E-state index contributed by atoms with van der Waals surface area (Å²) in [4.78, 5) is 53.2. The van der Waals surface area contributed by atoms with Gasteiger partial charge in [-0.15, -0.1) is 0 Å². The first-order chi connectivity index (χ1) is 17.4. The molecule has 2 unspecified atom stereocenters. The zero-order valence-electron chi connectivity index (χ0n) is 24.3. The van der Waals surface area contributed by atoms with Crippen molar-refractivity contribution >= 4 is 23.5 Å². The van der Waals surface area contributed by atoms with Crippen LogP contribution in [-0.4, -0.2) is 35.7 Å². The summed E-state index contributed by atoms with van der Waals surface area (Å²) in [5, 5.41) is 9.96. The van der Waals surface area contributed by atoms with Gasteiger partial charge in [0, 0.05) is 16.7 Å². The molecule has 0 aromatic heterocycles. The molecule has 208 valence electrons. The minimum absolute atomic E-state index is 0.0299. The Kier molecular flexibility index (Phi) is 5.69. The molecule has 5 rings (SSSR count). The molecule has 0 saturated heterocycles. The number of carbonyl (C=O) groups excluding carboxylic acids is 3. The highest BCUT2D eigenvalue weighted by molar-refractivity contribution is 6.19. The Bertz CT molecular complexity index is 1200.